The molecular weight excluding hydrogens is 404 g/mol. The van der Waals surface area contributed by atoms with Crippen LogP contribution in [0.3, 0.4) is 0 Å². The highest BCUT2D eigenvalue weighted by Gasteiger charge is 2.72. The molecule has 2 heteroatoms. The SMILES string of the molecule is CC1(C)C(=O)CC[C@H]2[C@]3(C)CC[C@@]4(C)[C@@H]5C[C@@](C)(CO)CC[C@]5(C)CC[C@]4(C)[C@H]3CC[C@@]21C. The number of hydrogen-bond donors (Lipinski definition) is 1. The van der Waals surface area contributed by atoms with Crippen LogP contribution in [0.5, 0.6) is 0 Å². The summed E-state index contributed by atoms with van der Waals surface area (Å²) in [7, 11) is 0. The molecule has 5 fully saturated rings. The first-order valence-corrected chi connectivity index (χ1v) is 14.3. The molecule has 2 nitrogen and oxygen atoms in total. The van der Waals surface area contributed by atoms with E-state index < -0.39 is 0 Å². The Morgan fingerprint density at radius 1 is 0.697 bits per heavy atom. The monoisotopic (exact) mass is 456 g/mol. The van der Waals surface area contributed by atoms with Crippen molar-refractivity contribution in [2.75, 3.05) is 6.61 Å². The van der Waals surface area contributed by atoms with E-state index in [0.717, 1.165) is 24.7 Å². The van der Waals surface area contributed by atoms with E-state index in [2.05, 4.69) is 55.4 Å². The minimum absolute atomic E-state index is 0.102. The predicted molar refractivity (Wildman–Crippen MR) is 136 cm³/mol. The molecule has 0 saturated heterocycles. The Hall–Kier alpha value is -0.370. The maximum atomic E-state index is 13.0. The fraction of sp³-hybridized carbons (Fsp3) is 0.968. The van der Waals surface area contributed by atoms with Crippen molar-refractivity contribution in [1.82, 2.24) is 0 Å². The first-order chi connectivity index (χ1) is 15.1. The van der Waals surface area contributed by atoms with Gasteiger partial charge in [-0.15, -0.1) is 0 Å². The third kappa shape index (κ3) is 2.80. The van der Waals surface area contributed by atoms with Crippen LogP contribution < -0.4 is 0 Å². The Bertz CT molecular complexity index is 846. The lowest BCUT2D eigenvalue weighted by Crippen LogP contribution is -2.68. The van der Waals surface area contributed by atoms with Crippen LogP contribution in [-0.4, -0.2) is 17.5 Å². The first kappa shape index (κ1) is 24.3. The Labute approximate surface area is 204 Å². The van der Waals surface area contributed by atoms with Crippen molar-refractivity contribution in [3.05, 3.63) is 0 Å². The van der Waals surface area contributed by atoms with Crippen molar-refractivity contribution in [1.29, 1.82) is 0 Å². The molecule has 33 heavy (non-hydrogen) atoms. The second-order valence-corrected chi connectivity index (χ2v) is 15.9. The molecule has 0 bridgehead atoms. The van der Waals surface area contributed by atoms with Crippen molar-refractivity contribution < 1.29 is 9.90 Å². The van der Waals surface area contributed by atoms with Gasteiger partial charge in [0.05, 0.1) is 0 Å². The van der Waals surface area contributed by atoms with Gasteiger partial charge in [0, 0.05) is 18.4 Å². The second kappa shape index (κ2) is 6.89. The van der Waals surface area contributed by atoms with Crippen molar-refractivity contribution in [2.24, 2.45) is 55.7 Å². The van der Waals surface area contributed by atoms with E-state index in [1.54, 1.807) is 0 Å². The number of carbonyl (C=O) groups excluding carboxylic acids is 1. The maximum Gasteiger partial charge on any atom is 0.139 e. The fourth-order valence-electron chi connectivity index (χ4n) is 11.4. The van der Waals surface area contributed by atoms with Gasteiger partial charge in [0.25, 0.3) is 0 Å². The maximum absolute atomic E-state index is 13.0. The second-order valence-electron chi connectivity index (χ2n) is 15.9. The molecule has 1 N–H and O–H groups in total. The molecule has 0 radical (unpaired) electrons. The molecule has 0 spiro atoms. The number of carbonyl (C=O) groups is 1. The Morgan fingerprint density at radius 3 is 1.94 bits per heavy atom. The van der Waals surface area contributed by atoms with Crippen LogP contribution in [-0.2, 0) is 4.79 Å². The molecule has 9 atom stereocenters. The third-order valence-corrected chi connectivity index (χ3v) is 14.6. The van der Waals surface area contributed by atoms with Crippen LogP contribution in [0.25, 0.3) is 0 Å². The van der Waals surface area contributed by atoms with E-state index in [0.29, 0.717) is 40.0 Å². The largest absolute Gasteiger partial charge is 0.396 e. The van der Waals surface area contributed by atoms with E-state index >= 15 is 0 Å². The molecule has 0 aromatic heterocycles. The van der Waals surface area contributed by atoms with Gasteiger partial charge in [-0.25, -0.2) is 0 Å². The van der Waals surface area contributed by atoms with Gasteiger partial charge in [-0.2, -0.15) is 0 Å². The zero-order valence-corrected chi connectivity index (χ0v) is 23.1. The molecule has 0 aromatic carbocycles. The fourth-order valence-corrected chi connectivity index (χ4v) is 11.4. The van der Waals surface area contributed by atoms with Crippen molar-refractivity contribution in [3.63, 3.8) is 0 Å². The molecule has 0 unspecified atom stereocenters. The lowest BCUT2D eigenvalue weighted by Gasteiger charge is -2.75. The Kier molecular flexibility index (Phi) is 5.08. The van der Waals surface area contributed by atoms with Crippen molar-refractivity contribution in [2.45, 2.75) is 126 Å². The van der Waals surface area contributed by atoms with Crippen LogP contribution in [0.2, 0.25) is 0 Å². The smallest absolute Gasteiger partial charge is 0.139 e. The van der Waals surface area contributed by atoms with E-state index in [1.165, 1.54) is 57.8 Å². The zero-order valence-electron chi connectivity index (χ0n) is 23.1. The zero-order chi connectivity index (χ0) is 24.3. The van der Waals surface area contributed by atoms with Crippen LogP contribution in [0.15, 0.2) is 0 Å². The summed E-state index contributed by atoms with van der Waals surface area (Å²) in [6, 6.07) is 0. The summed E-state index contributed by atoms with van der Waals surface area (Å²) in [5, 5.41) is 10.3. The van der Waals surface area contributed by atoms with Crippen molar-refractivity contribution in [3.8, 4) is 0 Å². The van der Waals surface area contributed by atoms with Crippen LogP contribution in [0, 0.1) is 55.7 Å². The van der Waals surface area contributed by atoms with E-state index in [-0.39, 0.29) is 16.2 Å². The molecular formula is C31H52O2. The lowest BCUT2D eigenvalue weighted by molar-refractivity contribution is -0.263. The molecule has 5 rings (SSSR count). The van der Waals surface area contributed by atoms with Gasteiger partial charge in [0.2, 0.25) is 0 Å². The first-order valence-electron chi connectivity index (χ1n) is 14.3. The predicted octanol–water partition coefficient (Wildman–Crippen LogP) is 7.82. The molecule has 0 amide bonds. The topological polar surface area (TPSA) is 37.3 Å². The van der Waals surface area contributed by atoms with Gasteiger partial charge in [-0.3, -0.25) is 4.79 Å². The van der Waals surface area contributed by atoms with Gasteiger partial charge in [-0.05, 0) is 114 Å². The van der Waals surface area contributed by atoms with Crippen molar-refractivity contribution >= 4 is 5.78 Å². The molecule has 5 saturated carbocycles. The van der Waals surface area contributed by atoms with E-state index in [4.69, 9.17) is 0 Å². The number of aliphatic hydroxyl groups excluding tert-OH is 1. The average molecular weight is 457 g/mol. The molecule has 0 aromatic rings. The summed E-state index contributed by atoms with van der Waals surface area (Å²) >= 11 is 0. The van der Waals surface area contributed by atoms with Crippen LogP contribution in [0.1, 0.15) is 126 Å². The van der Waals surface area contributed by atoms with Crippen LogP contribution >= 0.6 is 0 Å². The minimum atomic E-state index is -0.191. The third-order valence-electron chi connectivity index (χ3n) is 14.6. The summed E-state index contributed by atoms with van der Waals surface area (Å²) in [5.74, 6) is 2.66. The van der Waals surface area contributed by atoms with Gasteiger partial charge in [0.15, 0.2) is 0 Å². The number of ketones is 1. The normalized spacial score (nSPS) is 58.0. The van der Waals surface area contributed by atoms with Gasteiger partial charge < -0.3 is 5.11 Å². The van der Waals surface area contributed by atoms with Gasteiger partial charge in [-0.1, -0.05) is 55.4 Å². The van der Waals surface area contributed by atoms with Crippen LogP contribution in [0.4, 0.5) is 0 Å². The summed E-state index contributed by atoms with van der Waals surface area (Å²) in [4.78, 5) is 13.0. The highest BCUT2D eigenvalue weighted by molar-refractivity contribution is 5.86. The number of rotatable bonds is 1. The summed E-state index contributed by atoms with van der Waals surface area (Å²) in [5.41, 5.74) is 1.57. The molecule has 188 valence electrons. The van der Waals surface area contributed by atoms with E-state index in [9.17, 15) is 9.90 Å². The number of aliphatic hydroxyl groups is 1. The van der Waals surface area contributed by atoms with E-state index in [1.807, 2.05) is 0 Å². The molecule has 5 aliphatic carbocycles. The standard InChI is InChI=1S/C31H52O2/c1-25(2)24(33)10-9-21-28(5)16-18-31(8)23-19-26(3,20-32)13-14-27(23,4)15-17-30(31,7)22(28)11-12-29(21,25)6/h21-23,32H,9-20H2,1-8H3/t21-,22-,23+,26-,27+,28-,29-,30+,31-/m0/s1. The molecule has 5 aliphatic rings. The highest BCUT2D eigenvalue weighted by atomic mass is 16.3. The average Bonchev–Trinajstić information content (AvgIpc) is 2.75. The summed E-state index contributed by atoms with van der Waals surface area (Å²) in [6.07, 6.45) is 13.5. The molecule has 0 heterocycles. The Balaban J connectivity index is 1.55. The number of Topliss-reactive ketones (excluding diaryl/α,β-unsaturated/α-hetero) is 1. The Morgan fingerprint density at radius 2 is 1.27 bits per heavy atom. The number of hydrogen-bond acceptors (Lipinski definition) is 2. The quantitative estimate of drug-likeness (QED) is 0.436. The number of fused-ring (bicyclic) bond motifs is 7. The summed E-state index contributed by atoms with van der Waals surface area (Å²) < 4.78 is 0. The lowest BCUT2D eigenvalue weighted by atomic mass is 9.29. The van der Waals surface area contributed by atoms with Gasteiger partial charge in [0.1, 0.15) is 5.78 Å². The minimum Gasteiger partial charge on any atom is -0.396 e. The highest BCUT2D eigenvalue weighted by Crippen LogP contribution is 2.79. The summed E-state index contributed by atoms with van der Waals surface area (Å²) in [6.45, 7) is 20.3. The molecule has 0 aliphatic heterocycles. The van der Waals surface area contributed by atoms with Gasteiger partial charge >= 0.3 is 0 Å².